The molecule has 0 aliphatic carbocycles. The molecule has 0 bridgehead atoms. The zero-order valence-corrected chi connectivity index (χ0v) is 12.5. The molecule has 1 aromatic carbocycles. The van der Waals surface area contributed by atoms with Crippen molar-refractivity contribution < 1.29 is 18.3 Å². The third-order valence-electron chi connectivity index (χ3n) is 3.29. The lowest BCUT2D eigenvalue weighted by Crippen LogP contribution is -2.36. The molecule has 0 saturated carbocycles. The van der Waals surface area contributed by atoms with Gasteiger partial charge in [0.15, 0.2) is 6.29 Å². The largest absolute Gasteiger partial charge is 0.348 e. The summed E-state index contributed by atoms with van der Waals surface area (Å²) in [4.78, 5) is 3.86. The zero-order chi connectivity index (χ0) is 14.9. The van der Waals surface area contributed by atoms with Crippen LogP contribution in [0.15, 0.2) is 30.9 Å². The van der Waals surface area contributed by atoms with E-state index in [1.54, 1.807) is 0 Å². The van der Waals surface area contributed by atoms with Gasteiger partial charge in [0.05, 0.1) is 18.5 Å². The number of alkyl halides is 1. The predicted octanol–water partition coefficient (Wildman–Crippen LogP) is 2.22. The van der Waals surface area contributed by atoms with E-state index in [0.717, 1.165) is 6.07 Å². The Kier molecular flexibility index (Phi) is 4.01. The molecule has 2 heterocycles. The fourth-order valence-electron chi connectivity index (χ4n) is 2.37. The van der Waals surface area contributed by atoms with Crippen molar-refractivity contribution in [1.82, 2.24) is 14.8 Å². The Morgan fingerprint density at radius 3 is 2.90 bits per heavy atom. The van der Waals surface area contributed by atoms with E-state index in [9.17, 15) is 8.78 Å². The number of rotatable bonds is 4. The van der Waals surface area contributed by atoms with Crippen molar-refractivity contribution in [2.75, 3.05) is 11.9 Å². The molecule has 8 heteroatoms. The van der Waals surface area contributed by atoms with E-state index in [0.29, 0.717) is 5.33 Å². The maximum Gasteiger partial charge on any atom is 0.168 e. The van der Waals surface area contributed by atoms with Gasteiger partial charge in [-0.3, -0.25) is 0 Å². The van der Waals surface area contributed by atoms with Crippen LogP contribution >= 0.6 is 15.9 Å². The van der Waals surface area contributed by atoms with Gasteiger partial charge in [0.1, 0.15) is 29.9 Å². The number of aromatic nitrogens is 3. The van der Waals surface area contributed by atoms with Crippen LogP contribution in [0.2, 0.25) is 0 Å². The molecule has 1 fully saturated rings. The summed E-state index contributed by atoms with van der Waals surface area (Å²) in [5, 5.41) is 4.46. The van der Waals surface area contributed by atoms with Crippen molar-refractivity contribution >= 4 is 15.9 Å². The van der Waals surface area contributed by atoms with Gasteiger partial charge in [-0.15, -0.1) is 0 Å². The highest BCUT2D eigenvalue weighted by Gasteiger charge is 2.45. The molecule has 0 radical (unpaired) electrons. The summed E-state index contributed by atoms with van der Waals surface area (Å²) in [6.07, 6.45) is 2.39. The SMILES string of the molecule is Fc1ccc(C2(Cn3cncn3)COC(CBr)O2)c(F)c1. The average molecular weight is 360 g/mol. The van der Waals surface area contributed by atoms with Crippen molar-refractivity contribution in [2.24, 2.45) is 0 Å². The molecular formula is C13H12BrF2N3O2. The second-order valence-electron chi connectivity index (χ2n) is 4.72. The maximum atomic E-state index is 14.2. The molecule has 2 atom stereocenters. The smallest absolute Gasteiger partial charge is 0.168 e. The average Bonchev–Trinajstić information content (AvgIpc) is 3.09. The van der Waals surface area contributed by atoms with E-state index in [-0.39, 0.29) is 18.7 Å². The van der Waals surface area contributed by atoms with E-state index in [2.05, 4.69) is 26.0 Å². The number of halogens is 3. The standard InChI is InChI=1S/C13H12BrF2N3O2/c14-4-12-20-6-13(21-12,5-19-8-17-7-18-19)10-2-1-9(15)3-11(10)16/h1-3,7-8,12H,4-6H2. The van der Waals surface area contributed by atoms with Gasteiger partial charge in [-0.2, -0.15) is 5.10 Å². The highest BCUT2D eigenvalue weighted by atomic mass is 79.9. The van der Waals surface area contributed by atoms with Crippen LogP contribution in [0.5, 0.6) is 0 Å². The molecule has 0 spiro atoms. The second kappa shape index (κ2) is 5.78. The highest BCUT2D eigenvalue weighted by Crippen LogP contribution is 2.37. The number of hydrogen-bond donors (Lipinski definition) is 0. The van der Waals surface area contributed by atoms with Gasteiger partial charge in [0.2, 0.25) is 0 Å². The van der Waals surface area contributed by atoms with Gasteiger partial charge in [0.25, 0.3) is 0 Å². The minimum Gasteiger partial charge on any atom is -0.348 e. The molecule has 112 valence electrons. The van der Waals surface area contributed by atoms with Crippen LogP contribution in [-0.2, 0) is 21.6 Å². The minimum atomic E-state index is -1.07. The van der Waals surface area contributed by atoms with E-state index in [1.807, 2.05) is 0 Å². The molecule has 2 aromatic rings. The van der Waals surface area contributed by atoms with Gasteiger partial charge in [-0.1, -0.05) is 22.0 Å². The summed E-state index contributed by atoms with van der Waals surface area (Å²) in [5.41, 5.74) is -0.827. The summed E-state index contributed by atoms with van der Waals surface area (Å²) in [6.45, 7) is 0.366. The summed E-state index contributed by atoms with van der Waals surface area (Å²) in [7, 11) is 0. The Balaban J connectivity index is 1.99. The fourth-order valence-corrected chi connectivity index (χ4v) is 2.69. The lowest BCUT2D eigenvalue weighted by molar-refractivity contribution is -0.0842. The Morgan fingerprint density at radius 1 is 1.43 bits per heavy atom. The quantitative estimate of drug-likeness (QED) is 0.785. The molecule has 1 aliphatic heterocycles. The molecule has 1 aromatic heterocycles. The Morgan fingerprint density at radius 2 is 2.29 bits per heavy atom. The Bertz CT molecular complexity index is 626. The number of nitrogens with zero attached hydrogens (tertiary/aromatic N) is 3. The Labute approximate surface area is 128 Å². The molecule has 0 N–H and O–H groups in total. The third kappa shape index (κ3) is 2.83. The van der Waals surface area contributed by atoms with Gasteiger partial charge < -0.3 is 9.47 Å². The first kappa shape index (κ1) is 14.6. The summed E-state index contributed by atoms with van der Waals surface area (Å²) in [5.74, 6) is -1.31. The summed E-state index contributed by atoms with van der Waals surface area (Å²) in [6, 6.07) is 3.41. The van der Waals surface area contributed by atoms with Crippen molar-refractivity contribution in [3.63, 3.8) is 0 Å². The predicted molar refractivity (Wildman–Crippen MR) is 72.7 cm³/mol. The monoisotopic (exact) mass is 359 g/mol. The van der Waals surface area contributed by atoms with E-state index >= 15 is 0 Å². The van der Waals surface area contributed by atoms with Crippen LogP contribution in [0.25, 0.3) is 0 Å². The fraction of sp³-hybridized carbons (Fsp3) is 0.385. The summed E-state index contributed by atoms with van der Waals surface area (Å²) < 4.78 is 40.2. The van der Waals surface area contributed by atoms with Gasteiger partial charge >= 0.3 is 0 Å². The third-order valence-corrected chi connectivity index (χ3v) is 3.82. The molecule has 21 heavy (non-hydrogen) atoms. The van der Waals surface area contributed by atoms with Crippen LogP contribution in [0, 0.1) is 11.6 Å². The first-order valence-corrected chi connectivity index (χ1v) is 7.38. The lowest BCUT2D eigenvalue weighted by Gasteiger charge is -2.28. The van der Waals surface area contributed by atoms with Crippen LogP contribution in [-0.4, -0.2) is 33.0 Å². The first-order valence-electron chi connectivity index (χ1n) is 6.26. The lowest BCUT2D eigenvalue weighted by atomic mass is 9.94. The topological polar surface area (TPSA) is 49.2 Å². The van der Waals surface area contributed by atoms with E-state index in [1.165, 1.54) is 29.5 Å². The van der Waals surface area contributed by atoms with Gasteiger partial charge in [-0.25, -0.2) is 18.4 Å². The van der Waals surface area contributed by atoms with Gasteiger partial charge in [-0.05, 0) is 6.07 Å². The van der Waals surface area contributed by atoms with Crippen molar-refractivity contribution in [2.45, 2.75) is 18.4 Å². The molecule has 5 nitrogen and oxygen atoms in total. The molecular weight excluding hydrogens is 348 g/mol. The number of benzene rings is 1. The van der Waals surface area contributed by atoms with Crippen LogP contribution in [0.4, 0.5) is 8.78 Å². The van der Waals surface area contributed by atoms with Crippen LogP contribution in [0.3, 0.4) is 0 Å². The van der Waals surface area contributed by atoms with Gasteiger partial charge in [0, 0.05) is 11.6 Å². The minimum absolute atomic E-state index is 0.145. The van der Waals surface area contributed by atoms with E-state index in [4.69, 9.17) is 9.47 Å². The van der Waals surface area contributed by atoms with E-state index < -0.39 is 23.5 Å². The second-order valence-corrected chi connectivity index (χ2v) is 5.37. The maximum absolute atomic E-state index is 14.2. The number of ether oxygens (including phenoxy) is 2. The van der Waals surface area contributed by atoms with Crippen molar-refractivity contribution in [3.05, 3.63) is 48.1 Å². The molecule has 3 rings (SSSR count). The molecule has 1 saturated heterocycles. The Hall–Kier alpha value is -1.38. The highest BCUT2D eigenvalue weighted by molar-refractivity contribution is 9.09. The summed E-state index contributed by atoms with van der Waals surface area (Å²) >= 11 is 3.27. The normalized spacial score (nSPS) is 25.4. The molecule has 2 unspecified atom stereocenters. The van der Waals surface area contributed by atoms with Crippen LogP contribution < -0.4 is 0 Å². The van der Waals surface area contributed by atoms with Crippen molar-refractivity contribution in [3.8, 4) is 0 Å². The molecule has 1 aliphatic rings. The molecule has 0 amide bonds. The first-order chi connectivity index (χ1) is 10.1. The van der Waals surface area contributed by atoms with Crippen molar-refractivity contribution in [1.29, 1.82) is 0 Å². The zero-order valence-electron chi connectivity index (χ0n) is 10.9. The van der Waals surface area contributed by atoms with Crippen LogP contribution in [0.1, 0.15) is 5.56 Å². The number of hydrogen-bond acceptors (Lipinski definition) is 4.